The third-order valence-electron chi connectivity index (χ3n) is 4.54. The molecule has 2 aromatic rings. The normalized spacial score (nSPS) is 18.0. The van der Waals surface area contributed by atoms with E-state index in [0.29, 0.717) is 12.3 Å². The number of benzene rings is 2. The lowest BCUT2D eigenvalue weighted by Crippen LogP contribution is -2.39. The van der Waals surface area contributed by atoms with Crippen LogP contribution in [0.3, 0.4) is 0 Å². The van der Waals surface area contributed by atoms with Crippen LogP contribution in [-0.2, 0) is 12.7 Å². The van der Waals surface area contributed by atoms with E-state index in [4.69, 9.17) is 4.74 Å². The second-order valence-corrected chi connectivity index (χ2v) is 6.87. The molecule has 140 valence electrons. The van der Waals surface area contributed by atoms with E-state index in [0.717, 1.165) is 37.3 Å². The van der Waals surface area contributed by atoms with Crippen molar-refractivity contribution in [3.63, 3.8) is 0 Å². The monoisotopic (exact) mass is 364 g/mol. The van der Waals surface area contributed by atoms with Gasteiger partial charge in [-0.25, -0.2) is 0 Å². The molecule has 0 saturated carbocycles. The van der Waals surface area contributed by atoms with Crippen LogP contribution >= 0.6 is 0 Å². The van der Waals surface area contributed by atoms with E-state index in [-0.39, 0.29) is 6.10 Å². The fourth-order valence-corrected chi connectivity index (χ4v) is 3.13. The molecule has 0 amide bonds. The van der Waals surface area contributed by atoms with Gasteiger partial charge in [-0.3, -0.25) is 4.90 Å². The third kappa shape index (κ3) is 4.56. The molecule has 3 nitrogen and oxygen atoms in total. The van der Waals surface area contributed by atoms with Crippen molar-refractivity contribution >= 4 is 0 Å². The lowest BCUT2D eigenvalue weighted by atomic mass is 9.97. The largest absolute Gasteiger partial charge is 0.484 e. The van der Waals surface area contributed by atoms with E-state index in [1.54, 1.807) is 0 Å². The Morgan fingerprint density at radius 3 is 2.42 bits per heavy atom. The maximum atomic E-state index is 12.7. The zero-order chi connectivity index (χ0) is 18.7. The predicted octanol–water partition coefficient (Wildman–Crippen LogP) is 4.20. The Hall–Kier alpha value is -2.05. The molecule has 1 aliphatic heterocycles. The molecule has 0 aromatic heterocycles. The highest BCUT2D eigenvalue weighted by Crippen LogP contribution is 2.33. The molecule has 0 bridgehead atoms. The zero-order valence-electron chi connectivity index (χ0n) is 15.0. The summed E-state index contributed by atoms with van der Waals surface area (Å²) in [5, 5.41) is 0. The highest BCUT2D eigenvalue weighted by Gasteiger charge is 2.30. The molecular formula is C20H23F3N2O. The lowest BCUT2D eigenvalue weighted by Gasteiger charge is -2.35. The van der Waals surface area contributed by atoms with Crippen LogP contribution in [0.25, 0.3) is 0 Å². The minimum Gasteiger partial charge on any atom is -0.484 e. The van der Waals surface area contributed by atoms with Crippen molar-refractivity contribution in [1.82, 2.24) is 9.80 Å². The number of rotatable bonds is 5. The lowest BCUT2D eigenvalue weighted by molar-refractivity contribution is -0.137. The number of halogens is 3. The fourth-order valence-electron chi connectivity index (χ4n) is 3.13. The van der Waals surface area contributed by atoms with E-state index in [1.165, 1.54) is 17.7 Å². The summed E-state index contributed by atoms with van der Waals surface area (Å²) in [6.45, 7) is 3.42. The number of hydrogen-bond acceptors (Lipinski definition) is 3. The minimum absolute atomic E-state index is 0.196. The molecular weight excluding hydrogens is 341 g/mol. The van der Waals surface area contributed by atoms with Gasteiger partial charge in [-0.2, -0.15) is 13.2 Å². The topological polar surface area (TPSA) is 15.7 Å². The quantitative estimate of drug-likeness (QED) is 0.791. The molecule has 1 heterocycles. The second kappa shape index (κ2) is 7.68. The summed E-state index contributed by atoms with van der Waals surface area (Å²) in [5.41, 5.74) is 1.64. The summed E-state index contributed by atoms with van der Waals surface area (Å²) in [6, 6.07) is 13.0. The summed E-state index contributed by atoms with van der Waals surface area (Å²) < 4.78 is 44.2. The zero-order valence-corrected chi connectivity index (χ0v) is 15.0. The Labute approximate surface area is 152 Å². The van der Waals surface area contributed by atoms with Crippen LogP contribution in [-0.4, -0.2) is 43.5 Å². The number of ether oxygens (including phenoxy) is 1. The van der Waals surface area contributed by atoms with Gasteiger partial charge in [0.15, 0.2) is 0 Å². The van der Waals surface area contributed by atoms with E-state index in [1.807, 2.05) is 32.3 Å². The number of fused-ring (bicyclic) bond motifs is 1. The molecule has 0 N–H and O–H groups in total. The molecule has 0 aliphatic carbocycles. The van der Waals surface area contributed by atoms with Crippen molar-refractivity contribution in [3.8, 4) is 5.75 Å². The fraction of sp³-hybridized carbons (Fsp3) is 0.400. The summed E-state index contributed by atoms with van der Waals surface area (Å²) in [6.07, 6.45) is -4.53. The minimum atomic E-state index is -4.33. The maximum absolute atomic E-state index is 12.7. The molecule has 0 radical (unpaired) electrons. The van der Waals surface area contributed by atoms with Crippen LogP contribution in [0.1, 0.15) is 22.8 Å². The molecule has 1 unspecified atom stereocenters. The summed E-state index contributed by atoms with van der Waals surface area (Å²) >= 11 is 0. The molecule has 0 saturated heterocycles. The smallest absolute Gasteiger partial charge is 0.416 e. The molecule has 2 aromatic carbocycles. The summed E-state index contributed by atoms with van der Waals surface area (Å²) in [7, 11) is 4.07. The maximum Gasteiger partial charge on any atom is 0.416 e. The number of likely N-dealkylation sites (N-methyl/N-ethyl adjacent to an activating group) is 1. The third-order valence-corrected chi connectivity index (χ3v) is 4.54. The van der Waals surface area contributed by atoms with Gasteiger partial charge in [-0.05, 0) is 49.5 Å². The van der Waals surface area contributed by atoms with Gasteiger partial charge in [0.25, 0.3) is 0 Å². The van der Waals surface area contributed by atoms with Gasteiger partial charge in [-0.15, -0.1) is 0 Å². The molecule has 0 fully saturated rings. The first kappa shape index (κ1) is 18.7. The van der Waals surface area contributed by atoms with Crippen LogP contribution in [0, 0.1) is 0 Å². The van der Waals surface area contributed by atoms with Crippen molar-refractivity contribution in [1.29, 1.82) is 0 Å². The summed E-state index contributed by atoms with van der Waals surface area (Å²) in [4.78, 5) is 4.45. The Bertz CT molecular complexity index is 729. The molecule has 1 aliphatic rings. The first-order valence-corrected chi connectivity index (χ1v) is 8.62. The van der Waals surface area contributed by atoms with Gasteiger partial charge < -0.3 is 9.64 Å². The van der Waals surface area contributed by atoms with Crippen LogP contribution in [0.5, 0.6) is 5.75 Å². The first-order valence-electron chi connectivity index (χ1n) is 8.62. The Morgan fingerprint density at radius 1 is 1.08 bits per heavy atom. The van der Waals surface area contributed by atoms with Gasteiger partial charge in [-0.1, -0.05) is 24.3 Å². The van der Waals surface area contributed by atoms with Crippen molar-refractivity contribution in [2.24, 2.45) is 0 Å². The van der Waals surface area contributed by atoms with E-state index in [2.05, 4.69) is 15.9 Å². The standard InChI is InChI=1S/C20H23F3N2O/c1-24(2)11-12-25-13-15-5-3-4-6-18(15)19(14-25)26-17-9-7-16(8-10-17)20(21,22)23/h3-10,19H,11-14H2,1-2H3. The van der Waals surface area contributed by atoms with E-state index < -0.39 is 11.7 Å². The predicted molar refractivity (Wildman–Crippen MR) is 95.1 cm³/mol. The van der Waals surface area contributed by atoms with Crippen LogP contribution in [0.4, 0.5) is 13.2 Å². The van der Waals surface area contributed by atoms with Crippen molar-refractivity contribution in [2.75, 3.05) is 33.7 Å². The molecule has 0 spiro atoms. The number of hydrogen-bond donors (Lipinski definition) is 0. The molecule has 26 heavy (non-hydrogen) atoms. The SMILES string of the molecule is CN(C)CCN1Cc2ccccc2C(Oc2ccc(C(F)(F)F)cc2)C1. The Kier molecular flexibility index (Phi) is 5.53. The Balaban J connectivity index is 1.77. The van der Waals surface area contributed by atoms with Crippen LogP contribution in [0.15, 0.2) is 48.5 Å². The van der Waals surface area contributed by atoms with E-state index in [9.17, 15) is 13.2 Å². The first-order chi connectivity index (χ1) is 12.3. The van der Waals surface area contributed by atoms with Crippen molar-refractivity contribution < 1.29 is 17.9 Å². The van der Waals surface area contributed by atoms with Crippen molar-refractivity contribution in [2.45, 2.75) is 18.8 Å². The highest BCUT2D eigenvalue weighted by atomic mass is 19.4. The molecule has 3 rings (SSSR count). The number of nitrogens with zero attached hydrogens (tertiary/aromatic N) is 2. The molecule has 1 atom stereocenters. The van der Waals surface area contributed by atoms with Crippen molar-refractivity contribution in [3.05, 3.63) is 65.2 Å². The summed E-state index contributed by atoms with van der Waals surface area (Å²) in [5.74, 6) is 0.451. The second-order valence-electron chi connectivity index (χ2n) is 6.87. The van der Waals surface area contributed by atoms with Gasteiger partial charge in [0.1, 0.15) is 11.9 Å². The van der Waals surface area contributed by atoms with Crippen LogP contribution < -0.4 is 4.74 Å². The van der Waals surface area contributed by atoms with E-state index >= 15 is 0 Å². The Morgan fingerprint density at radius 2 is 1.77 bits per heavy atom. The van der Waals surface area contributed by atoms with Gasteiger partial charge in [0, 0.05) is 26.2 Å². The van der Waals surface area contributed by atoms with Crippen LogP contribution in [0.2, 0.25) is 0 Å². The average Bonchev–Trinajstić information content (AvgIpc) is 2.59. The number of alkyl halides is 3. The van der Waals surface area contributed by atoms with Gasteiger partial charge in [0.2, 0.25) is 0 Å². The average molecular weight is 364 g/mol. The van der Waals surface area contributed by atoms with Gasteiger partial charge in [0.05, 0.1) is 5.56 Å². The van der Waals surface area contributed by atoms with Gasteiger partial charge >= 0.3 is 6.18 Å². The highest BCUT2D eigenvalue weighted by molar-refractivity contribution is 5.34. The molecule has 6 heteroatoms.